The van der Waals surface area contributed by atoms with E-state index in [4.69, 9.17) is 19.5 Å². The molecular weight excluding hydrogens is 294 g/mol. The predicted octanol–water partition coefficient (Wildman–Crippen LogP) is 3.08. The van der Waals surface area contributed by atoms with Crippen LogP contribution in [-0.2, 0) is 16.1 Å². The van der Waals surface area contributed by atoms with Crippen LogP contribution in [0.3, 0.4) is 0 Å². The molecule has 0 fully saturated rings. The van der Waals surface area contributed by atoms with Crippen molar-refractivity contribution in [2.75, 3.05) is 7.11 Å². The summed E-state index contributed by atoms with van der Waals surface area (Å²) in [6, 6.07) is 15.9. The fraction of sp³-hybridized carbons (Fsp3) is 0.222. The average Bonchev–Trinajstić information content (AvgIpc) is 2.60. The van der Waals surface area contributed by atoms with Crippen molar-refractivity contribution in [3.05, 3.63) is 59.7 Å². The number of benzene rings is 2. The number of carbonyl (C=O) groups is 1. The van der Waals surface area contributed by atoms with Crippen LogP contribution in [0, 0.1) is 11.3 Å². The fourth-order valence-electron chi connectivity index (χ4n) is 1.88. The summed E-state index contributed by atoms with van der Waals surface area (Å²) in [7, 11) is 1.59. The number of carbonyl (C=O) groups excluding carboxylic acids is 1. The van der Waals surface area contributed by atoms with Gasteiger partial charge in [0.15, 0.2) is 6.10 Å². The van der Waals surface area contributed by atoms with E-state index in [0.717, 1.165) is 11.3 Å². The van der Waals surface area contributed by atoms with E-state index in [9.17, 15) is 4.79 Å². The number of nitriles is 1. The Kier molecular flexibility index (Phi) is 5.59. The second-order valence-corrected chi connectivity index (χ2v) is 4.86. The van der Waals surface area contributed by atoms with Gasteiger partial charge in [0.05, 0.1) is 18.7 Å². The second kappa shape index (κ2) is 7.85. The molecule has 2 aromatic carbocycles. The molecule has 0 aliphatic carbocycles. The van der Waals surface area contributed by atoms with Crippen molar-refractivity contribution < 1.29 is 19.0 Å². The van der Waals surface area contributed by atoms with Crippen LogP contribution in [0.1, 0.15) is 18.1 Å². The highest BCUT2D eigenvalue weighted by atomic mass is 16.6. The molecule has 2 rings (SSSR count). The Balaban J connectivity index is 1.88. The topological polar surface area (TPSA) is 68.6 Å². The normalized spacial score (nSPS) is 11.2. The maximum atomic E-state index is 12.0. The van der Waals surface area contributed by atoms with E-state index in [-0.39, 0.29) is 6.61 Å². The zero-order chi connectivity index (χ0) is 16.7. The van der Waals surface area contributed by atoms with Crippen molar-refractivity contribution >= 4 is 5.97 Å². The Morgan fingerprint density at radius 2 is 1.91 bits per heavy atom. The lowest BCUT2D eigenvalue weighted by Gasteiger charge is -2.14. The number of nitrogens with zero attached hydrogens (tertiary/aromatic N) is 1. The monoisotopic (exact) mass is 311 g/mol. The van der Waals surface area contributed by atoms with Crippen molar-refractivity contribution in [2.45, 2.75) is 19.6 Å². The highest BCUT2D eigenvalue weighted by molar-refractivity contribution is 5.74. The summed E-state index contributed by atoms with van der Waals surface area (Å²) < 4.78 is 15.8. The summed E-state index contributed by atoms with van der Waals surface area (Å²) in [6.45, 7) is 1.77. The van der Waals surface area contributed by atoms with Crippen LogP contribution in [0.5, 0.6) is 11.5 Å². The highest BCUT2D eigenvalue weighted by Crippen LogP contribution is 2.16. The Labute approximate surface area is 135 Å². The molecule has 2 aromatic rings. The SMILES string of the molecule is COc1ccc(COC(=O)C(C)Oc2cccc(C#N)c2)cc1. The summed E-state index contributed by atoms with van der Waals surface area (Å²) in [5, 5.41) is 8.85. The van der Waals surface area contributed by atoms with Gasteiger partial charge in [-0.1, -0.05) is 18.2 Å². The fourth-order valence-corrected chi connectivity index (χ4v) is 1.88. The first-order chi connectivity index (χ1) is 11.1. The smallest absolute Gasteiger partial charge is 0.347 e. The molecule has 0 saturated heterocycles. The summed E-state index contributed by atoms with van der Waals surface area (Å²) in [4.78, 5) is 12.0. The summed E-state index contributed by atoms with van der Waals surface area (Å²) in [6.07, 6.45) is -0.762. The molecule has 0 amide bonds. The van der Waals surface area contributed by atoms with E-state index < -0.39 is 12.1 Å². The molecule has 0 N–H and O–H groups in total. The first kappa shape index (κ1) is 16.4. The quantitative estimate of drug-likeness (QED) is 0.767. The van der Waals surface area contributed by atoms with Crippen LogP contribution < -0.4 is 9.47 Å². The first-order valence-corrected chi connectivity index (χ1v) is 7.09. The Bertz CT molecular complexity index is 704. The minimum atomic E-state index is -0.762. The van der Waals surface area contributed by atoms with Crippen LogP contribution in [0.25, 0.3) is 0 Å². The highest BCUT2D eigenvalue weighted by Gasteiger charge is 2.16. The lowest BCUT2D eigenvalue weighted by Crippen LogP contribution is -2.26. The van der Waals surface area contributed by atoms with Gasteiger partial charge in [0.2, 0.25) is 0 Å². The predicted molar refractivity (Wildman–Crippen MR) is 84.0 cm³/mol. The van der Waals surface area contributed by atoms with E-state index >= 15 is 0 Å². The number of hydrogen-bond donors (Lipinski definition) is 0. The van der Waals surface area contributed by atoms with E-state index in [1.165, 1.54) is 0 Å². The number of rotatable bonds is 6. The van der Waals surface area contributed by atoms with Gasteiger partial charge < -0.3 is 14.2 Å². The molecule has 0 saturated carbocycles. The molecule has 0 aliphatic heterocycles. The van der Waals surface area contributed by atoms with Crippen LogP contribution >= 0.6 is 0 Å². The third-order valence-corrected chi connectivity index (χ3v) is 3.15. The van der Waals surface area contributed by atoms with Crippen molar-refractivity contribution in [1.82, 2.24) is 0 Å². The molecule has 1 unspecified atom stereocenters. The molecule has 0 heterocycles. The third kappa shape index (κ3) is 4.75. The average molecular weight is 311 g/mol. The minimum absolute atomic E-state index is 0.161. The van der Waals surface area contributed by atoms with Crippen LogP contribution in [0.2, 0.25) is 0 Å². The van der Waals surface area contributed by atoms with Crippen LogP contribution in [0.4, 0.5) is 0 Å². The molecule has 5 nitrogen and oxygen atoms in total. The molecule has 0 spiro atoms. The van der Waals surface area contributed by atoms with Gasteiger partial charge in [-0.25, -0.2) is 4.79 Å². The lowest BCUT2D eigenvalue weighted by molar-refractivity contribution is -0.152. The molecule has 5 heteroatoms. The van der Waals surface area contributed by atoms with Crippen LogP contribution in [0.15, 0.2) is 48.5 Å². The zero-order valence-electron chi connectivity index (χ0n) is 13.0. The molecule has 1 atom stereocenters. The largest absolute Gasteiger partial charge is 0.497 e. The summed E-state index contributed by atoms with van der Waals surface area (Å²) in [5.41, 5.74) is 1.33. The van der Waals surface area contributed by atoms with Gasteiger partial charge in [0.25, 0.3) is 0 Å². The molecular formula is C18H17NO4. The second-order valence-electron chi connectivity index (χ2n) is 4.86. The number of esters is 1. The van der Waals surface area contributed by atoms with E-state index in [2.05, 4.69) is 0 Å². The molecule has 23 heavy (non-hydrogen) atoms. The van der Waals surface area contributed by atoms with Gasteiger partial charge in [-0.3, -0.25) is 0 Å². The van der Waals surface area contributed by atoms with Gasteiger partial charge in [-0.05, 0) is 42.8 Å². The van der Waals surface area contributed by atoms with Crippen molar-refractivity contribution in [3.8, 4) is 17.6 Å². The van der Waals surface area contributed by atoms with Crippen LogP contribution in [-0.4, -0.2) is 19.2 Å². The zero-order valence-corrected chi connectivity index (χ0v) is 13.0. The molecule has 0 radical (unpaired) electrons. The van der Waals surface area contributed by atoms with Gasteiger partial charge in [-0.15, -0.1) is 0 Å². The number of ether oxygens (including phenoxy) is 3. The van der Waals surface area contributed by atoms with Gasteiger partial charge in [0, 0.05) is 0 Å². The van der Waals surface area contributed by atoms with E-state index in [1.54, 1.807) is 50.4 Å². The summed E-state index contributed by atoms with van der Waals surface area (Å²) in [5.74, 6) is 0.732. The molecule has 118 valence electrons. The Morgan fingerprint density at radius 3 is 2.57 bits per heavy atom. The van der Waals surface area contributed by atoms with Gasteiger partial charge in [-0.2, -0.15) is 5.26 Å². The third-order valence-electron chi connectivity index (χ3n) is 3.15. The van der Waals surface area contributed by atoms with Gasteiger partial charge >= 0.3 is 5.97 Å². The van der Waals surface area contributed by atoms with E-state index in [1.807, 2.05) is 18.2 Å². The molecule has 0 aliphatic rings. The first-order valence-electron chi connectivity index (χ1n) is 7.09. The number of methoxy groups -OCH3 is 1. The minimum Gasteiger partial charge on any atom is -0.497 e. The van der Waals surface area contributed by atoms with Crippen molar-refractivity contribution in [2.24, 2.45) is 0 Å². The van der Waals surface area contributed by atoms with E-state index in [0.29, 0.717) is 11.3 Å². The Morgan fingerprint density at radius 1 is 1.17 bits per heavy atom. The number of hydrogen-bond acceptors (Lipinski definition) is 5. The standard InChI is InChI=1S/C18H17NO4/c1-13(23-17-5-3-4-15(10-17)11-19)18(20)22-12-14-6-8-16(21-2)9-7-14/h3-10,13H,12H2,1-2H3. The maximum absolute atomic E-state index is 12.0. The molecule has 0 aromatic heterocycles. The summed E-state index contributed by atoms with van der Waals surface area (Å²) >= 11 is 0. The Hall–Kier alpha value is -3.00. The lowest BCUT2D eigenvalue weighted by atomic mass is 10.2. The van der Waals surface area contributed by atoms with Crippen molar-refractivity contribution in [3.63, 3.8) is 0 Å². The van der Waals surface area contributed by atoms with Gasteiger partial charge in [0.1, 0.15) is 18.1 Å². The van der Waals surface area contributed by atoms with Crippen molar-refractivity contribution in [1.29, 1.82) is 5.26 Å². The molecule has 0 bridgehead atoms. The maximum Gasteiger partial charge on any atom is 0.347 e.